The third kappa shape index (κ3) is 5.35. The molecule has 7 heteroatoms. The number of nitrogens with zero attached hydrogens (tertiary/aromatic N) is 3. The van der Waals surface area contributed by atoms with Gasteiger partial charge in [-0.2, -0.15) is 0 Å². The predicted molar refractivity (Wildman–Crippen MR) is 116 cm³/mol. The van der Waals surface area contributed by atoms with E-state index in [1.165, 1.54) is 6.26 Å². The van der Waals surface area contributed by atoms with Crippen molar-refractivity contribution in [3.05, 3.63) is 53.6 Å². The molecule has 0 saturated heterocycles. The molecule has 6 nitrogen and oxygen atoms in total. The number of imidazole rings is 1. The summed E-state index contributed by atoms with van der Waals surface area (Å²) in [5.41, 5.74) is 5.02. The van der Waals surface area contributed by atoms with Crippen molar-refractivity contribution in [2.45, 2.75) is 46.1 Å². The molecule has 3 aromatic rings. The van der Waals surface area contributed by atoms with Crippen LogP contribution in [0.3, 0.4) is 0 Å². The maximum atomic E-state index is 11.3. The molecule has 2 aromatic heterocycles. The topological polar surface area (TPSA) is 74.1 Å². The Hall–Kier alpha value is -2.41. The van der Waals surface area contributed by atoms with Crippen molar-refractivity contribution in [2.75, 3.05) is 18.6 Å². The average Bonchev–Trinajstić information content (AvgIpc) is 3.10. The number of aromatic nitrogens is 3. The second-order valence-electron chi connectivity index (χ2n) is 7.70. The minimum atomic E-state index is -2.92. The number of sulfone groups is 1. The zero-order valence-corrected chi connectivity index (χ0v) is 18.4. The maximum absolute atomic E-state index is 11.3. The normalized spacial score (nSPS) is 13.0. The number of unbranched alkanes of at least 4 members (excludes halogenated alkanes) is 1. The molecule has 156 valence electrons. The van der Waals surface area contributed by atoms with Crippen molar-refractivity contribution in [3.8, 4) is 5.75 Å². The lowest BCUT2D eigenvalue weighted by molar-refractivity contribution is 0.294. The lowest BCUT2D eigenvalue weighted by Gasteiger charge is -2.16. The molecule has 0 aliphatic rings. The number of fused-ring (bicyclic) bond motifs is 1. The SMILES string of the molecule is Cc1nc(C(C)COc2ccccc2)c2ncn(CCCCS(C)(=O)=O)c2c1C. The quantitative estimate of drug-likeness (QED) is 0.493. The first-order valence-electron chi connectivity index (χ1n) is 9.94. The minimum Gasteiger partial charge on any atom is -0.493 e. The van der Waals surface area contributed by atoms with Gasteiger partial charge >= 0.3 is 0 Å². The summed E-state index contributed by atoms with van der Waals surface area (Å²) in [6.45, 7) is 7.45. The molecule has 1 unspecified atom stereocenters. The smallest absolute Gasteiger partial charge is 0.147 e. The highest BCUT2D eigenvalue weighted by molar-refractivity contribution is 7.90. The van der Waals surface area contributed by atoms with E-state index in [9.17, 15) is 8.42 Å². The molecule has 29 heavy (non-hydrogen) atoms. The van der Waals surface area contributed by atoms with E-state index in [0.29, 0.717) is 13.0 Å². The summed E-state index contributed by atoms with van der Waals surface area (Å²) in [7, 11) is -2.92. The molecule has 0 fully saturated rings. The van der Waals surface area contributed by atoms with Gasteiger partial charge < -0.3 is 9.30 Å². The minimum absolute atomic E-state index is 0.0885. The van der Waals surface area contributed by atoms with E-state index in [-0.39, 0.29) is 11.7 Å². The van der Waals surface area contributed by atoms with Gasteiger partial charge in [-0.25, -0.2) is 13.4 Å². The summed E-state index contributed by atoms with van der Waals surface area (Å²) in [6.07, 6.45) is 4.56. The zero-order valence-electron chi connectivity index (χ0n) is 17.6. The molecule has 0 aliphatic carbocycles. The van der Waals surface area contributed by atoms with Crippen molar-refractivity contribution < 1.29 is 13.2 Å². The van der Waals surface area contributed by atoms with Crippen LogP contribution in [0.5, 0.6) is 5.75 Å². The Morgan fingerprint density at radius 3 is 2.55 bits per heavy atom. The van der Waals surface area contributed by atoms with Gasteiger partial charge in [0.2, 0.25) is 0 Å². The van der Waals surface area contributed by atoms with E-state index in [2.05, 4.69) is 23.4 Å². The molecular weight excluding hydrogens is 386 g/mol. The summed E-state index contributed by atoms with van der Waals surface area (Å²) >= 11 is 0. The van der Waals surface area contributed by atoms with Gasteiger partial charge in [0.15, 0.2) is 0 Å². The van der Waals surface area contributed by atoms with Crippen LogP contribution in [-0.2, 0) is 16.4 Å². The molecule has 0 aliphatic heterocycles. The van der Waals surface area contributed by atoms with Crippen molar-refractivity contribution >= 4 is 20.9 Å². The summed E-state index contributed by atoms with van der Waals surface area (Å²) in [5.74, 6) is 1.15. The first kappa shape index (κ1) is 21.3. The van der Waals surface area contributed by atoms with Crippen molar-refractivity contribution in [3.63, 3.8) is 0 Å². The van der Waals surface area contributed by atoms with E-state index in [1.54, 1.807) is 0 Å². The fourth-order valence-corrected chi connectivity index (χ4v) is 4.16. The van der Waals surface area contributed by atoms with Crippen LogP contribution in [-0.4, -0.2) is 41.6 Å². The fraction of sp³-hybridized carbons (Fsp3) is 0.455. The number of hydrogen-bond donors (Lipinski definition) is 0. The van der Waals surface area contributed by atoms with E-state index >= 15 is 0 Å². The van der Waals surface area contributed by atoms with Crippen LogP contribution in [0.1, 0.15) is 42.6 Å². The first-order valence-corrected chi connectivity index (χ1v) is 12.0. The van der Waals surface area contributed by atoms with Gasteiger partial charge in [-0.15, -0.1) is 0 Å². The Bertz CT molecular complexity index is 1080. The van der Waals surface area contributed by atoms with Gasteiger partial charge in [-0.1, -0.05) is 25.1 Å². The number of rotatable bonds is 9. The highest BCUT2D eigenvalue weighted by Gasteiger charge is 2.19. The largest absolute Gasteiger partial charge is 0.493 e. The number of para-hydroxylation sites is 1. The Balaban J connectivity index is 1.80. The summed E-state index contributed by atoms with van der Waals surface area (Å²) in [5, 5.41) is 0. The zero-order chi connectivity index (χ0) is 21.0. The van der Waals surface area contributed by atoms with Gasteiger partial charge in [0.05, 0.1) is 24.1 Å². The lowest BCUT2D eigenvalue weighted by Crippen LogP contribution is -2.11. The molecule has 3 rings (SSSR count). The molecule has 0 saturated carbocycles. The van der Waals surface area contributed by atoms with Gasteiger partial charge in [0.25, 0.3) is 0 Å². The molecule has 0 spiro atoms. The Kier molecular flexibility index (Phi) is 6.57. The summed E-state index contributed by atoms with van der Waals surface area (Å²) in [4.78, 5) is 9.47. The second kappa shape index (κ2) is 8.95. The number of ether oxygens (including phenoxy) is 1. The van der Waals surface area contributed by atoms with Crippen LogP contribution in [0, 0.1) is 13.8 Å². The van der Waals surface area contributed by atoms with Gasteiger partial charge in [-0.05, 0) is 44.4 Å². The number of hydrogen-bond acceptors (Lipinski definition) is 5. The highest BCUT2D eigenvalue weighted by atomic mass is 32.2. The lowest BCUT2D eigenvalue weighted by atomic mass is 10.0. The van der Waals surface area contributed by atoms with Crippen molar-refractivity contribution in [2.24, 2.45) is 0 Å². The molecule has 1 aromatic carbocycles. The highest BCUT2D eigenvalue weighted by Crippen LogP contribution is 2.28. The van der Waals surface area contributed by atoms with E-state index in [0.717, 1.165) is 46.7 Å². The Morgan fingerprint density at radius 1 is 1.14 bits per heavy atom. The molecule has 2 heterocycles. The Morgan fingerprint density at radius 2 is 1.86 bits per heavy atom. The number of aryl methyl sites for hydroxylation is 3. The third-order valence-corrected chi connectivity index (χ3v) is 6.17. The molecule has 0 radical (unpaired) electrons. The molecule has 0 amide bonds. The third-order valence-electron chi connectivity index (χ3n) is 5.14. The van der Waals surface area contributed by atoms with Crippen LogP contribution < -0.4 is 4.74 Å². The van der Waals surface area contributed by atoms with Crippen LogP contribution in [0.2, 0.25) is 0 Å². The monoisotopic (exact) mass is 415 g/mol. The van der Waals surface area contributed by atoms with E-state index in [4.69, 9.17) is 9.72 Å². The second-order valence-corrected chi connectivity index (χ2v) is 9.96. The summed E-state index contributed by atoms with van der Waals surface area (Å²) in [6, 6.07) is 9.77. The molecule has 0 bridgehead atoms. The molecule has 1 atom stereocenters. The average molecular weight is 416 g/mol. The molecule has 0 N–H and O–H groups in total. The fourth-order valence-electron chi connectivity index (χ4n) is 3.43. The van der Waals surface area contributed by atoms with E-state index < -0.39 is 9.84 Å². The predicted octanol–water partition coefficient (Wildman–Crippen LogP) is 4.06. The molecular formula is C22H29N3O3S. The van der Waals surface area contributed by atoms with Gasteiger partial charge in [0.1, 0.15) is 21.1 Å². The maximum Gasteiger partial charge on any atom is 0.147 e. The Labute approximate surface area is 172 Å². The van der Waals surface area contributed by atoms with Crippen LogP contribution in [0.15, 0.2) is 36.7 Å². The van der Waals surface area contributed by atoms with Gasteiger partial charge in [0, 0.05) is 30.2 Å². The van der Waals surface area contributed by atoms with Crippen LogP contribution >= 0.6 is 0 Å². The van der Waals surface area contributed by atoms with Crippen molar-refractivity contribution in [1.82, 2.24) is 14.5 Å². The first-order chi connectivity index (χ1) is 13.8. The van der Waals surface area contributed by atoms with Crippen LogP contribution in [0.4, 0.5) is 0 Å². The standard InChI is InChI=1S/C22H29N3O3S/c1-16(14-28-19-10-6-5-7-11-19)20-21-22(17(2)18(3)24-20)25(15-23-21)12-8-9-13-29(4,26)27/h5-7,10-11,15-16H,8-9,12-14H2,1-4H3. The number of pyridine rings is 1. The van der Waals surface area contributed by atoms with Gasteiger partial charge in [-0.3, -0.25) is 4.98 Å². The summed E-state index contributed by atoms with van der Waals surface area (Å²) < 4.78 is 30.7. The number of benzene rings is 1. The van der Waals surface area contributed by atoms with E-state index in [1.807, 2.05) is 43.6 Å². The van der Waals surface area contributed by atoms with Crippen LogP contribution in [0.25, 0.3) is 11.0 Å². The van der Waals surface area contributed by atoms with Crippen molar-refractivity contribution in [1.29, 1.82) is 0 Å².